The lowest BCUT2D eigenvalue weighted by molar-refractivity contribution is -0.124. The minimum absolute atomic E-state index is 0.0927. The molecule has 6 nitrogen and oxygen atoms in total. The quantitative estimate of drug-likeness (QED) is 0.777. The summed E-state index contributed by atoms with van der Waals surface area (Å²) in [6.45, 7) is 3.85. The van der Waals surface area contributed by atoms with E-state index in [9.17, 15) is 19.5 Å². The fourth-order valence-electron chi connectivity index (χ4n) is 2.51. The van der Waals surface area contributed by atoms with Crippen LogP contribution in [0.3, 0.4) is 0 Å². The van der Waals surface area contributed by atoms with Gasteiger partial charge in [0.2, 0.25) is 5.91 Å². The summed E-state index contributed by atoms with van der Waals surface area (Å²) in [6.07, 6.45) is 0. The average Bonchev–Trinajstić information content (AvgIpc) is 2.65. The molecule has 2 N–H and O–H groups in total. The Labute approximate surface area is 151 Å². The molecular weight excluding hydrogens is 334 g/mol. The standard InChI is InChI=1S/C20H21NO5/c1-12(2)18(22)21-11-13-8-9-15(17(10-13)20(25)26-3)14-6-4-5-7-16(14)19(23)24/h4-10,12H,11H2,1-3H3,(H,21,22)(H,23,24). The Hall–Kier alpha value is -3.15. The predicted molar refractivity (Wildman–Crippen MR) is 96.9 cm³/mol. The van der Waals surface area contributed by atoms with Gasteiger partial charge in [-0.3, -0.25) is 4.79 Å². The minimum atomic E-state index is -1.08. The molecule has 136 valence electrons. The third-order valence-corrected chi connectivity index (χ3v) is 3.93. The van der Waals surface area contributed by atoms with Crippen molar-refractivity contribution < 1.29 is 24.2 Å². The lowest BCUT2D eigenvalue weighted by Gasteiger charge is -2.13. The molecule has 0 heterocycles. The van der Waals surface area contributed by atoms with Crippen LogP contribution in [0, 0.1) is 5.92 Å². The number of carbonyl (C=O) groups excluding carboxylic acids is 2. The van der Waals surface area contributed by atoms with Crippen LogP contribution in [0.1, 0.15) is 40.1 Å². The zero-order chi connectivity index (χ0) is 19.3. The Balaban J connectivity index is 2.46. The zero-order valence-corrected chi connectivity index (χ0v) is 14.9. The van der Waals surface area contributed by atoms with Crippen LogP contribution in [-0.4, -0.2) is 30.1 Å². The van der Waals surface area contributed by atoms with Crippen molar-refractivity contribution in [2.24, 2.45) is 5.92 Å². The molecule has 2 aromatic carbocycles. The number of esters is 1. The van der Waals surface area contributed by atoms with Crippen LogP contribution in [0.5, 0.6) is 0 Å². The van der Waals surface area contributed by atoms with Crippen LogP contribution < -0.4 is 5.32 Å². The Morgan fingerprint density at radius 2 is 1.69 bits per heavy atom. The largest absolute Gasteiger partial charge is 0.478 e. The maximum absolute atomic E-state index is 12.2. The van der Waals surface area contributed by atoms with Gasteiger partial charge in [-0.1, -0.05) is 44.2 Å². The molecule has 0 aliphatic carbocycles. The highest BCUT2D eigenvalue weighted by Gasteiger charge is 2.19. The molecule has 0 saturated carbocycles. The molecule has 0 atom stereocenters. The molecule has 1 amide bonds. The van der Waals surface area contributed by atoms with Gasteiger partial charge < -0.3 is 15.2 Å². The highest BCUT2D eigenvalue weighted by atomic mass is 16.5. The summed E-state index contributed by atoms with van der Waals surface area (Å²) in [7, 11) is 1.27. The number of aromatic carboxylic acids is 1. The molecular formula is C20H21NO5. The smallest absolute Gasteiger partial charge is 0.338 e. The number of hydrogen-bond acceptors (Lipinski definition) is 4. The molecule has 0 fully saturated rings. The van der Waals surface area contributed by atoms with E-state index in [1.165, 1.54) is 13.2 Å². The molecule has 0 radical (unpaired) electrons. The minimum Gasteiger partial charge on any atom is -0.478 e. The third-order valence-electron chi connectivity index (χ3n) is 3.93. The number of nitrogens with one attached hydrogen (secondary N) is 1. The number of carboxylic acids is 1. The number of rotatable bonds is 6. The second kappa shape index (κ2) is 8.29. The molecule has 0 aromatic heterocycles. The van der Waals surface area contributed by atoms with E-state index in [1.807, 2.05) is 0 Å². The van der Waals surface area contributed by atoms with E-state index in [4.69, 9.17) is 4.74 Å². The Morgan fingerprint density at radius 3 is 2.31 bits per heavy atom. The molecule has 0 unspecified atom stereocenters. The topological polar surface area (TPSA) is 92.7 Å². The first kappa shape index (κ1) is 19.2. The van der Waals surface area contributed by atoms with E-state index in [2.05, 4.69) is 5.32 Å². The van der Waals surface area contributed by atoms with E-state index in [0.29, 0.717) is 11.1 Å². The average molecular weight is 355 g/mol. The van der Waals surface area contributed by atoms with E-state index >= 15 is 0 Å². The van der Waals surface area contributed by atoms with E-state index in [-0.39, 0.29) is 29.5 Å². The number of carboxylic acid groups (broad SMARTS) is 1. The third kappa shape index (κ3) is 4.27. The normalized spacial score (nSPS) is 10.5. The maximum atomic E-state index is 12.2. The van der Waals surface area contributed by atoms with Gasteiger partial charge in [-0.15, -0.1) is 0 Å². The van der Waals surface area contributed by atoms with Crippen LogP contribution in [-0.2, 0) is 16.1 Å². The Morgan fingerprint density at radius 1 is 1.04 bits per heavy atom. The lowest BCUT2D eigenvalue weighted by atomic mass is 9.94. The number of hydrogen-bond donors (Lipinski definition) is 2. The Bertz CT molecular complexity index is 842. The molecule has 0 saturated heterocycles. The summed E-state index contributed by atoms with van der Waals surface area (Å²) in [5.74, 6) is -1.89. The van der Waals surface area contributed by atoms with Crippen molar-refractivity contribution >= 4 is 17.8 Å². The second-order valence-electron chi connectivity index (χ2n) is 6.09. The summed E-state index contributed by atoms with van der Waals surface area (Å²) < 4.78 is 4.84. The Kier molecular flexibility index (Phi) is 6.11. The van der Waals surface area contributed by atoms with Gasteiger partial charge in [-0.2, -0.15) is 0 Å². The predicted octanol–water partition coefficient (Wildman–Crippen LogP) is 3.11. The monoisotopic (exact) mass is 355 g/mol. The van der Waals surface area contributed by atoms with Crippen LogP contribution >= 0.6 is 0 Å². The fraction of sp³-hybridized carbons (Fsp3) is 0.250. The van der Waals surface area contributed by atoms with Crippen molar-refractivity contribution in [3.63, 3.8) is 0 Å². The zero-order valence-electron chi connectivity index (χ0n) is 14.9. The highest BCUT2D eigenvalue weighted by Crippen LogP contribution is 2.29. The molecule has 0 aliphatic heterocycles. The molecule has 0 bridgehead atoms. The van der Waals surface area contributed by atoms with Gasteiger partial charge >= 0.3 is 11.9 Å². The van der Waals surface area contributed by atoms with Gasteiger partial charge in [0.1, 0.15) is 0 Å². The van der Waals surface area contributed by atoms with Crippen molar-refractivity contribution in [3.05, 3.63) is 59.2 Å². The van der Waals surface area contributed by atoms with Crippen LogP contribution in [0.2, 0.25) is 0 Å². The molecule has 2 aromatic rings. The van der Waals surface area contributed by atoms with Crippen molar-refractivity contribution in [2.75, 3.05) is 7.11 Å². The maximum Gasteiger partial charge on any atom is 0.338 e. The van der Waals surface area contributed by atoms with Crippen molar-refractivity contribution in [1.29, 1.82) is 0 Å². The molecule has 6 heteroatoms. The number of amides is 1. The molecule has 0 aliphatic rings. The van der Waals surface area contributed by atoms with E-state index in [1.54, 1.807) is 50.2 Å². The van der Waals surface area contributed by atoms with Gasteiger partial charge in [0.15, 0.2) is 0 Å². The van der Waals surface area contributed by atoms with Crippen LogP contribution in [0.25, 0.3) is 11.1 Å². The number of methoxy groups -OCH3 is 1. The first-order valence-corrected chi connectivity index (χ1v) is 8.16. The number of benzene rings is 2. The van der Waals surface area contributed by atoms with Gasteiger partial charge in [0.05, 0.1) is 18.2 Å². The van der Waals surface area contributed by atoms with E-state index < -0.39 is 11.9 Å². The number of ether oxygens (including phenoxy) is 1. The summed E-state index contributed by atoms with van der Waals surface area (Å²) in [5.41, 5.74) is 1.96. The second-order valence-corrected chi connectivity index (χ2v) is 6.09. The highest BCUT2D eigenvalue weighted by molar-refractivity contribution is 6.02. The molecule has 2 rings (SSSR count). The first-order valence-electron chi connectivity index (χ1n) is 8.16. The van der Waals surface area contributed by atoms with Crippen LogP contribution in [0.15, 0.2) is 42.5 Å². The summed E-state index contributed by atoms with van der Waals surface area (Å²) in [6, 6.07) is 11.5. The van der Waals surface area contributed by atoms with Gasteiger partial charge in [-0.25, -0.2) is 9.59 Å². The molecule has 0 spiro atoms. The summed E-state index contributed by atoms with van der Waals surface area (Å²) in [5, 5.41) is 12.2. The van der Waals surface area contributed by atoms with Crippen molar-refractivity contribution in [3.8, 4) is 11.1 Å². The van der Waals surface area contributed by atoms with Crippen LogP contribution in [0.4, 0.5) is 0 Å². The number of carbonyl (C=O) groups is 3. The van der Waals surface area contributed by atoms with Gasteiger partial charge in [0, 0.05) is 12.5 Å². The fourth-order valence-corrected chi connectivity index (χ4v) is 2.51. The van der Waals surface area contributed by atoms with Crippen molar-refractivity contribution in [2.45, 2.75) is 20.4 Å². The summed E-state index contributed by atoms with van der Waals surface area (Å²) in [4.78, 5) is 35.5. The van der Waals surface area contributed by atoms with Gasteiger partial charge in [-0.05, 0) is 28.8 Å². The summed E-state index contributed by atoms with van der Waals surface area (Å²) >= 11 is 0. The SMILES string of the molecule is COC(=O)c1cc(CNC(=O)C(C)C)ccc1-c1ccccc1C(=O)O. The van der Waals surface area contributed by atoms with Crippen molar-refractivity contribution in [1.82, 2.24) is 5.32 Å². The first-order chi connectivity index (χ1) is 12.3. The molecule has 26 heavy (non-hydrogen) atoms. The van der Waals surface area contributed by atoms with E-state index in [0.717, 1.165) is 5.56 Å². The lowest BCUT2D eigenvalue weighted by Crippen LogP contribution is -2.27. The van der Waals surface area contributed by atoms with Gasteiger partial charge in [0.25, 0.3) is 0 Å².